The molecule has 8 nitrogen and oxygen atoms in total. The van der Waals surface area contributed by atoms with Crippen LogP contribution in [0.25, 0.3) is 0 Å². The van der Waals surface area contributed by atoms with Gasteiger partial charge < -0.3 is 15.8 Å². The largest absolute Gasteiger partial charge is 0.378 e. The highest BCUT2D eigenvalue weighted by molar-refractivity contribution is 6.35. The Balaban J connectivity index is 0.00000361. The number of ether oxygens (including phenoxy) is 1. The number of anilines is 1. The summed E-state index contributed by atoms with van der Waals surface area (Å²) in [6.07, 6.45) is 1.41. The van der Waals surface area contributed by atoms with Crippen molar-refractivity contribution in [3.05, 3.63) is 63.9 Å². The number of nitrogens with zero attached hydrogens (tertiary/aromatic N) is 3. The van der Waals surface area contributed by atoms with Crippen molar-refractivity contribution in [1.29, 1.82) is 5.26 Å². The highest BCUT2D eigenvalue weighted by Gasteiger charge is 2.42. The Morgan fingerprint density at radius 2 is 2.08 bits per heavy atom. The molecule has 11 heteroatoms. The molecule has 190 valence electrons. The van der Waals surface area contributed by atoms with E-state index in [0.717, 1.165) is 0 Å². The molecule has 3 N–H and O–H groups in total. The number of carbonyl (C=O) groups excluding carboxylic acids is 2. The van der Waals surface area contributed by atoms with Gasteiger partial charge in [0.25, 0.3) is 5.91 Å². The maximum Gasteiger partial charge on any atom is 0.258 e. The van der Waals surface area contributed by atoms with E-state index in [-0.39, 0.29) is 64.7 Å². The maximum atomic E-state index is 14.5. The second kappa shape index (κ2) is 10.8. The van der Waals surface area contributed by atoms with E-state index in [0.29, 0.717) is 25.0 Å². The number of aliphatic imine (C=N–C) groups is 1. The van der Waals surface area contributed by atoms with E-state index < -0.39 is 17.3 Å². The number of amides is 2. The first-order valence-corrected chi connectivity index (χ1v) is 11.6. The Morgan fingerprint density at radius 3 is 2.75 bits per heavy atom. The number of benzene rings is 2. The molecule has 0 bridgehead atoms. The molecule has 0 radical (unpaired) electrons. The fraction of sp³-hybridized carbons (Fsp3) is 0.360. The molecule has 0 aliphatic carbocycles. The molecular formula is C25H26Cl2FN5O3. The van der Waals surface area contributed by atoms with Crippen LogP contribution >= 0.6 is 24.0 Å². The van der Waals surface area contributed by atoms with Gasteiger partial charge in [-0.05, 0) is 44.9 Å². The number of nitrogens with two attached hydrogens (primary N) is 1. The normalized spacial score (nSPS) is 23.8. The van der Waals surface area contributed by atoms with Crippen LogP contribution in [0.2, 0.25) is 5.02 Å². The molecule has 3 atom stereocenters. The topological polar surface area (TPSA) is 121 Å². The quantitative estimate of drug-likeness (QED) is 0.604. The number of nitriles is 1. The lowest BCUT2D eigenvalue weighted by Gasteiger charge is -2.41. The number of nitrogens with one attached hydrogen (secondary N) is 1. The van der Waals surface area contributed by atoms with Crippen LogP contribution < -0.4 is 11.1 Å². The Labute approximate surface area is 219 Å². The number of guanidine groups is 1. The van der Waals surface area contributed by atoms with Crippen LogP contribution in [0.3, 0.4) is 0 Å². The molecule has 2 aromatic rings. The fourth-order valence-electron chi connectivity index (χ4n) is 4.64. The molecular weight excluding hydrogens is 508 g/mol. The van der Waals surface area contributed by atoms with Crippen LogP contribution in [0.15, 0.2) is 41.4 Å². The van der Waals surface area contributed by atoms with Crippen molar-refractivity contribution in [2.45, 2.75) is 50.8 Å². The second-order valence-corrected chi connectivity index (χ2v) is 9.32. The zero-order chi connectivity index (χ0) is 25.3. The predicted molar refractivity (Wildman–Crippen MR) is 137 cm³/mol. The van der Waals surface area contributed by atoms with Crippen molar-refractivity contribution in [2.24, 2.45) is 10.7 Å². The molecule has 0 unspecified atom stereocenters. The highest BCUT2D eigenvalue weighted by atomic mass is 35.5. The average molecular weight is 534 g/mol. The van der Waals surface area contributed by atoms with E-state index in [1.165, 1.54) is 18.2 Å². The summed E-state index contributed by atoms with van der Waals surface area (Å²) in [5.41, 5.74) is 5.42. The first-order valence-electron chi connectivity index (χ1n) is 11.2. The average Bonchev–Trinajstić information content (AvgIpc) is 2.80. The number of hydrogen-bond acceptors (Lipinski definition) is 6. The van der Waals surface area contributed by atoms with Gasteiger partial charge in [-0.3, -0.25) is 14.5 Å². The van der Waals surface area contributed by atoms with E-state index in [4.69, 9.17) is 27.3 Å². The van der Waals surface area contributed by atoms with Crippen LogP contribution in [-0.2, 0) is 15.1 Å². The minimum atomic E-state index is -1.06. The lowest BCUT2D eigenvalue weighted by molar-refractivity contribution is -0.133. The first-order chi connectivity index (χ1) is 16.6. The van der Waals surface area contributed by atoms with Crippen LogP contribution in [0.4, 0.5) is 10.1 Å². The molecule has 4 rings (SSSR count). The minimum Gasteiger partial charge on any atom is -0.378 e. The standard InChI is InChI=1S/C25H25ClFN5O3.ClH/c1-14-11-16(9-10-35-14)32-20(33)12-25(2,31-24(32)29)18-7-4-8-19(21(18)26)30-23(34)17-6-3-5-15(13-28)22(17)27;/h3-8,14,16H,9-12H2,1-2H3,(H2,29,31)(H,30,34);1H/t14-,16-,25+;/m1./s1. The van der Waals surface area contributed by atoms with Gasteiger partial charge in [-0.1, -0.05) is 29.8 Å². The van der Waals surface area contributed by atoms with Crippen molar-refractivity contribution in [2.75, 3.05) is 11.9 Å². The zero-order valence-electron chi connectivity index (χ0n) is 19.8. The van der Waals surface area contributed by atoms with Crippen molar-refractivity contribution < 1.29 is 18.7 Å². The summed E-state index contributed by atoms with van der Waals surface area (Å²) in [5.74, 6) is -1.72. The van der Waals surface area contributed by atoms with Crippen molar-refractivity contribution in [3.63, 3.8) is 0 Å². The highest BCUT2D eigenvalue weighted by Crippen LogP contribution is 2.41. The smallest absolute Gasteiger partial charge is 0.258 e. The monoisotopic (exact) mass is 533 g/mol. The van der Waals surface area contributed by atoms with Gasteiger partial charge in [-0.15, -0.1) is 12.4 Å². The van der Waals surface area contributed by atoms with Crippen LogP contribution in [0, 0.1) is 17.1 Å². The van der Waals surface area contributed by atoms with Crippen molar-refractivity contribution in [1.82, 2.24) is 4.90 Å². The van der Waals surface area contributed by atoms with Crippen LogP contribution in [-0.4, -0.2) is 41.4 Å². The third kappa shape index (κ3) is 5.16. The van der Waals surface area contributed by atoms with Gasteiger partial charge >= 0.3 is 0 Å². The first kappa shape index (κ1) is 27.4. The van der Waals surface area contributed by atoms with E-state index in [1.54, 1.807) is 36.1 Å². The second-order valence-electron chi connectivity index (χ2n) is 8.94. The Morgan fingerprint density at radius 1 is 1.36 bits per heavy atom. The molecule has 1 fully saturated rings. The molecule has 2 aliphatic heterocycles. The van der Waals surface area contributed by atoms with Crippen LogP contribution in [0.1, 0.15) is 54.6 Å². The lowest BCUT2D eigenvalue weighted by Crippen LogP contribution is -2.56. The van der Waals surface area contributed by atoms with Gasteiger partial charge in [-0.2, -0.15) is 5.26 Å². The van der Waals surface area contributed by atoms with Gasteiger partial charge in [0.1, 0.15) is 6.07 Å². The summed E-state index contributed by atoms with van der Waals surface area (Å²) in [5, 5.41) is 11.8. The lowest BCUT2D eigenvalue weighted by atomic mass is 9.86. The summed E-state index contributed by atoms with van der Waals surface area (Å²) >= 11 is 6.65. The maximum absolute atomic E-state index is 14.5. The van der Waals surface area contributed by atoms with E-state index in [2.05, 4.69) is 10.3 Å². The molecule has 0 spiro atoms. The number of rotatable bonds is 4. The number of hydrogen-bond donors (Lipinski definition) is 2. The van der Waals surface area contributed by atoms with Gasteiger partial charge in [-0.25, -0.2) is 9.38 Å². The number of carbonyl (C=O) groups is 2. The van der Waals surface area contributed by atoms with Gasteiger partial charge in [0.15, 0.2) is 11.8 Å². The molecule has 2 heterocycles. The Kier molecular flexibility index (Phi) is 8.24. The SMILES string of the molecule is C[C@@H]1C[C@H](N2C(=O)C[C@@](C)(c3cccc(NC(=O)c4cccc(C#N)c4F)c3Cl)N=C2N)CCO1.Cl. The Hall–Kier alpha value is -3.19. The summed E-state index contributed by atoms with van der Waals surface area (Å²) in [6, 6.07) is 10.5. The Bertz CT molecular complexity index is 1260. The third-order valence-electron chi connectivity index (χ3n) is 6.39. The van der Waals surface area contributed by atoms with E-state index >= 15 is 0 Å². The molecule has 2 amide bonds. The van der Waals surface area contributed by atoms with Gasteiger partial charge in [0, 0.05) is 18.2 Å². The predicted octanol–water partition coefficient (Wildman–Crippen LogP) is 4.35. The fourth-order valence-corrected chi connectivity index (χ4v) is 5.01. The minimum absolute atomic E-state index is 0. The van der Waals surface area contributed by atoms with E-state index in [9.17, 15) is 14.0 Å². The van der Waals surface area contributed by atoms with Crippen LogP contribution in [0.5, 0.6) is 0 Å². The molecule has 36 heavy (non-hydrogen) atoms. The molecule has 0 aromatic heterocycles. The van der Waals surface area contributed by atoms with Crippen molar-refractivity contribution in [3.8, 4) is 6.07 Å². The zero-order valence-corrected chi connectivity index (χ0v) is 21.3. The number of halogens is 3. The summed E-state index contributed by atoms with van der Waals surface area (Å²) in [6.45, 7) is 4.26. The molecule has 2 aromatic carbocycles. The van der Waals surface area contributed by atoms with E-state index in [1.807, 2.05) is 6.92 Å². The third-order valence-corrected chi connectivity index (χ3v) is 6.79. The summed E-state index contributed by atoms with van der Waals surface area (Å²) in [4.78, 5) is 32.1. The summed E-state index contributed by atoms with van der Waals surface area (Å²) < 4.78 is 20.0. The molecule has 0 saturated carbocycles. The van der Waals surface area contributed by atoms with Crippen molar-refractivity contribution >= 4 is 47.5 Å². The van der Waals surface area contributed by atoms with Gasteiger partial charge in [0.2, 0.25) is 5.91 Å². The summed E-state index contributed by atoms with van der Waals surface area (Å²) in [7, 11) is 0. The van der Waals surface area contributed by atoms with Gasteiger partial charge in [0.05, 0.1) is 39.9 Å². The molecule has 2 aliphatic rings. The molecule has 1 saturated heterocycles.